The van der Waals surface area contributed by atoms with Crippen molar-refractivity contribution >= 4 is 34.4 Å². The molecule has 1 aromatic rings. The summed E-state index contributed by atoms with van der Waals surface area (Å²) in [5.74, 6) is 1.81. The number of ether oxygens (including phenoxy) is 1. The van der Waals surface area contributed by atoms with Gasteiger partial charge in [-0.3, -0.25) is 0 Å². The average Bonchev–Trinajstić information content (AvgIpc) is 2.29. The molecule has 100 valence electrons. The second-order valence-corrected chi connectivity index (χ2v) is 8.78. The molecule has 0 aromatic heterocycles. The lowest BCUT2D eigenvalue weighted by Gasteiger charge is -2.42. The summed E-state index contributed by atoms with van der Waals surface area (Å²) in [5.41, 5.74) is 1.61. The molecule has 1 aromatic carbocycles. The number of hydrogen-bond donors (Lipinski definition) is 0. The predicted molar refractivity (Wildman–Crippen MR) is 87.9 cm³/mol. The van der Waals surface area contributed by atoms with Gasteiger partial charge in [-0.25, -0.2) is 0 Å². The van der Waals surface area contributed by atoms with E-state index >= 15 is 0 Å². The molecule has 1 aliphatic rings. The number of benzene rings is 1. The summed E-state index contributed by atoms with van der Waals surface area (Å²) >= 11 is 4.27. The van der Waals surface area contributed by atoms with Gasteiger partial charge in [0.25, 0.3) is 0 Å². The van der Waals surface area contributed by atoms with Crippen LogP contribution in [0, 0.1) is 14.9 Å². The van der Waals surface area contributed by atoms with E-state index in [0.29, 0.717) is 11.3 Å². The number of rotatable bonds is 1. The normalized spacial score (nSPS) is 29.3. The fourth-order valence-electron chi connectivity index (χ4n) is 2.03. The second kappa shape index (κ2) is 5.33. The maximum Gasteiger partial charge on any atom is 0.136 e. The first kappa shape index (κ1) is 14.7. The van der Waals surface area contributed by atoms with E-state index in [1.165, 1.54) is 14.9 Å². The Morgan fingerprint density at radius 2 is 1.89 bits per heavy atom. The van der Waals surface area contributed by atoms with Crippen molar-refractivity contribution in [2.75, 3.05) is 12.4 Å². The topological polar surface area (TPSA) is 9.23 Å². The van der Waals surface area contributed by atoms with Crippen molar-refractivity contribution in [3.05, 3.63) is 33.4 Å². The van der Waals surface area contributed by atoms with Crippen molar-refractivity contribution in [2.45, 2.75) is 32.6 Å². The lowest BCUT2D eigenvalue weighted by Crippen LogP contribution is -2.38. The second-order valence-electron chi connectivity index (χ2n) is 6.14. The molecule has 0 unspecified atom stereocenters. The van der Waals surface area contributed by atoms with Gasteiger partial charge in [0, 0.05) is 9.32 Å². The van der Waals surface area contributed by atoms with E-state index in [4.69, 9.17) is 4.74 Å². The molecule has 18 heavy (non-hydrogen) atoms. The Labute approximate surface area is 128 Å². The van der Waals surface area contributed by atoms with E-state index in [1.54, 1.807) is 0 Å². The molecular weight excluding hydrogens is 355 g/mol. The average molecular weight is 376 g/mol. The molecule has 0 amide bonds. The zero-order valence-electron chi connectivity index (χ0n) is 11.5. The molecule has 0 bridgehead atoms. The molecule has 1 nitrogen and oxygen atoms in total. The first-order valence-corrected chi connectivity index (χ1v) is 8.42. The van der Waals surface area contributed by atoms with Gasteiger partial charge in [0.15, 0.2) is 0 Å². The molecule has 0 spiro atoms. The SMILES string of the molecule is CC(C)(C)[C@H]1CO[C@](C)(c2ccc(I)cc2)SC1. The molecule has 0 N–H and O–H groups in total. The van der Waals surface area contributed by atoms with Crippen LogP contribution in [0.25, 0.3) is 0 Å². The summed E-state index contributed by atoms with van der Waals surface area (Å²) in [7, 11) is 0. The van der Waals surface area contributed by atoms with Crippen molar-refractivity contribution in [1.29, 1.82) is 0 Å². The Morgan fingerprint density at radius 1 is 1.28 bits per heavy atom. The van der Waals surface area contributed by atoms with Crippen molar-refractivity contribution in [2.24, 2.45) is 11.3 Å². The monoisotopic (exact) mass is 376 g/mol. The summed E-state index contributed by atoms with van der Waals surface area (Å²) < 4.78 is 7.46. The van der Waals surface area contributed by atoms with Crippen LogP contribution in [0.1, 0.15) is 33.3 Å². The molecule has 2 rings (SSSR count). The molecule has 0 aliphatic carbocycles. The molecule has 1 fully saturated rings. The zero-order chi connectivity index (χ0) is 13.4. The third kappa shape index (κ3) is 3.23. The van der Waals surface area contributed by atoms with E-state index < -0.39 is 0 Å². The molecular formula is C15H21IOS. The van der Waals surface area contributed by atoms with E-state index in [0.717, 1.165) is 6.61 Å². The van der Waals surface area contributed by atoms with Crippen LogP contribution in [0.15, 0.2) is 24.3 Å². The molecule has 3 heteroatoms. The standard InChI is InChI=1S/C15H21IOS/c1-14(2,3)12-9-17-15(4,18-10-12)11-5-7-13(16)8-6-11/h5-8,12H,9-10H2,1-4H3/t12-,15-/m0/s1. The Morgan fingerprint density at radius 3 is 2.33 bits per heavy atom. The highest BCUT2D eigenvalue weighted by Crippen LogP contribution is 2.45. The molecule has 0 radical (unpaired) electrons. The van der Waals surface area contributed by atoms with Crippen molar-refractivity contribution in [3.63, 3.8) is 0 Å². The van der Waals surface area contributed by atoms with Gasteiger partial charge in [-0.2, -0.15) is 0 Å². The Balaban J connectivity index is 2.10. The van der Waals surface area contributed by atoms with Crippen LogP contribution in [0.4, 0.5) is 0 Å². The lowest BCUT2D eigenvalue weighted by atomic mass is 9.82. The first-order valence-electron chi connectivity index (χ1n) is 6.35. The summed E-state index contributed by atoms with van der Waals surface area (Å²) in [4.78, 5) is -0.175. The minimum Gasteiger partial charge on any atom is -0.360 e. The number of thioether (sulfide) groups is 1. The maximum absolute atomic E-state index is 6.19. The fourth-order valence-corrected chi connectivity index (χ4v) is 3.96. The highest BCUT2D eigenvalue weighted by Gasteiger charge is 2.38. The molecule has 1 saturated heterocycles. The summed E-state index contributed by atoms with van der Waals surface area (Å²) in [6, 6.07) is 8.68. The Bertz CT molecular complexity index is 399. The maximum atomic E-state index is 6.19. The van der Waals surface area contributed by atoms with Crippen LogP contribution in [-0.4, -0.2) is 12.4 Å². The van der Waals surface area contributed by atoms with Gasteiger partial charge < -0.3 is 4.74 Å². The van der Waals surface area contributed by atoms with E-state index in [9.17, 15) is 0 Å². The Kier molecular flexibility index (Phi) is 4.34. The largest absolute Gasteiger partial charge is 0.360 e. The smallest absolute Gasteiger partial charge is 0.136 e. The summed E-state index contributed by atoms with van der Waals surface area (Å²) in [6.07, 6.45) is 0. The summed E-state index contributed by atoms with van der Waals surface area (Å²) in [5, 5.41) is 0. The van der Waals surface area contributed by atoms with Gasteiger partial charge in [-0.05, 0) is 58.5 Å². The minimum absolute atomic E-state index is 0.175. The van der Waals surface area contributed by atoms with Gasteiger partial charge in [-0.1, -0.05) is 32.9 Å². The lowest BCUT2D eigenvalue weighted by molar-refractivity contribution is -0.0164. The highest BCUT2D eigenvalue weighted by molar-refractivity contribution is 14.1. The minimum atomic E-state index is -0.175. The third-order valence-corrected chi connectivity index (χ3v) is 5.91. The zero-order valence-corrected chi connectivity index (χ0v) is 14.5. The van der Waals surface area contributed by atoms with Crippen LogP contribution >= 0.6 is 34.4 Å². The third-order valence-electron chi connectivity index (χ3n) is 3.71. The van der Waals surface area contributed by atoms with Gasteiger partial charge in [0.05, 0.1) is 6.61 Å². The van der Waals surface area contributed by atoms with Gasteiger partial charge in [-0.15, -0.1) is 11.8 Å². The van der Waals surface area contributed by atoms with Crippen LogP contribution in [0.5, 0.6) is 0 Å². The molecule has 1 heterocycles. The van der Waals surface area contributed by atoms with Crippen LogP contribution in [-0.2, 0) is 9.67 Å². The van der Waals surface area contributed by atoms with E-state index in [1.807, 2.05) is 11.8 Å². The van der Waals surface area contributed by atoms with Gasteiger partial charge >= 0.3 is 0 Å². The molecule has 0 saturated carbocycles. The predicted octanol–water partition coefficient (Wildman–Crippen LogP) is 4.89. The van der Waals surface area contributed by atoms with E-state index in [2.05, 4.69) is 74.6 Å². The van der Waals surface area contributed by atoms with Crippen LogP contribution < -0.4 is 0 Å². The first-order chi connectivity index (χ1) is 8.31. The van der Waals surface area contributed by atoms with Crippen molar-refractivity contribution in [1.82, 2.24) is 0 Å². The summed E-state index contributed by atoms with van der Waals surface area (Å²) in [6.45, 7) is 9.96. The Hall–Kier alpha value is 0.260. The molecule has 2 atom stereocenters. The highest BCUT2D eigenvalue weighted by atomic mass is 127. The molecule has 1 aliphatic heterocycles. The van der Waals surface area contributed by atoms with Gasteiger partial charge in [0.2, 0.25) is 0 Å². The van der Waals surface area contributed by atoms with Crippen LogP contribution in [0.2, 0.25) is 0 Å². The van der Waals surface area contributed by atoms with Crippen molar-refractivity contribution < 1.29 is 4.74 Å². The van der Waals surface area contributed by atoms with E-state index in [-0.39, 0.29) is 4.93 Å². The number of hydrogen-bond acceptors (Lipinski definition) is 2. The number of halogens is 1. The van der Waals surface area contributed by atoms with Crippen molar-refractivity contribution in [3.8, 4) is 0 Å². The quantitative estimate of drug-likeness (QED) is 0.646. The van der Waals surface area contributed by atoms with Crippen LogP contribution in [0.3, 0.4) is 0 Å². The fraction of sp³-hybridized carbons (Fsp3) is 0.600. The van der Waals surface area contributed by atoms with Gasteiger partial charge in [0.1, 0.15) is 4.93 Å².